The molecule has 0 aliphatic heterocycles. The molecule has 4 heterocycles. The zero-order chi connectivity index (χ0) is 19.9. The van der Waals surface area contributed by atoms with Crippen molar-refractivity contribution in [2.45, 2.75) is 0 Å². The fourth-order valence-corrected chi connectivity index (χ4v) is 4.00. The fraction of sp³-hybridized carbons (Fsp3) is 0. The minimum atomic E-state index is 0.873. The van der Waals surface area contributed by atoms with Crippen LogP contribution in [-0.4, -0.2) is 19.1 Å². The molecule has 2 aromatic carbocycles. The average Bonchev–Trinajstić information content (AvgIpc) is 3.42. The molecule has 4 heteroatoms. The molecule has 0 amide bonds. The van der Waals surface area contributed by atoms with Crippen LogP contribution in [-0.2, 0) is 0 Å². The molecule has 0 atom stereocenters. The van der Waals surface area contributed by atoms with Gasteiger partial charge in [0, 0.05) is 35.1 Å². The molecule has 0 aliphatic rings. The normalized spacial score (nSPS) is 11.3. The molecule has 142 valence electrons. The van der Waals surface area contributed by atoms with Crippen molar-refractivity contribution in [3.8, 4) is 22.8 Å². The van der Waals surface area contributed by atoms with E-state index >= 15 is 0 Å². The van der Waals surface area contributed by atoms with E-state index in [9.17, 15) is 0 Å². The summed E-state index contributed by atoms with van der Waals surface area (Å²) in [4.78, 5) is 9.01. The number of nitrogens with zero attached hydrogens (tertiary/aromatic N) is 4. The lowest BCUT2D eigenvalue weighted by atomic mass is 10.2. The Morgan fingerprint density at radius 2 is 1.20 bits per heavy atom. The molecule has 0 radical (unpaired) electrons. The summed E-state index contributed by atoms with van der Waals surface area (Å²) in [5.41, 5.74) is 6.33. The highest BCUT2D eigenvalue weighted by Crippen LogP contribution is 2.29. The van der Waals surface area contributed by atoms with E-state index in [4.69, 9.17) is 0 Å². The highest BCUT2D eigenvalue weighted by molar-refractivity contribution is 5.97. The van der Waals surface area contributed by atoms with E-state index in [1.54, 1.807) is 6.20 Å². The first-order chi connectivity index (χ1) is 14.9. The zero-order valence-corrected chi connectivity index (χ0v) is 16.2. The summed E-state index contributed by atoms with van der Waals surface area (Å²) < 4.78 is 4.42. The van der Waals surface area contributed by atoms with Gasteiger partial charge in [0.2, 0.25) is 0 Å². The second-order valence-corrected chi connectivity index (χ2v) is 7.29. The van der Waals surface area contributed by atoms with Gasteiger partial charge in [-0.3, -0.25) is 9.97 Å². The fourth-order valence-electron chi connectivity index (χ4n) is 4.00. The van der Waals surface area contributed by atoms with Gasteiger partial charge in [-0.25, -0.2) is 0 Å². The van der Waals surface area contributed by atoms with E-state index in [-0.39, 0.29) is 0 Å². The topological polar surface area (TPSA) is 35.6 Å². The molecule has 0 aliphatic carbocycles. The highest BCUT2D eigenvalue weighted by atomic mass is 15.0. The maximum Gasteiger partial charge on any atom is 0.0887 e. The highest BCUT2D eigenvalue weighted by Gasteiger charge is 2.10. The summed E-state index contributed by atoms with van der Waals surface area (Å²) in [7, 11) is 0. The Kier molecular flexibility index (Phi) is 3.74. The second-order valence-electron chi connectivity index (χ2n) is 7.29. The zero-order valence-electron chi connectivity index (χ0n) is 16.2. The largest absolute Gasteiger partial charge is 0.317 e. The number of para-hydroxylation sites is 1. The number of hydrogen-bond acceptors (Lipinski definition) is 2. The average molecular weight is 386 g/mol. The second kappa shape index (κ2) is 6.71. The third-order valence-electron chi connectivity index (χ3n) is 5.49. The van der Waals surface area contributed by atoms with Crippen molar-refractivity contribution < 1.29 is 0 Å². The molecule has 0 N–H and O–H groups in total. The van der Waals surface area contributed by atoms with E-state index in [1.165, 1.54) is 27.5 Å². The lowest BCUT2D eigenvalue weighted by molar-refractivity contribution is 1.10. The SMILES string of the molecule is c1ccc(-n2ccc3cc4c(ccn4-c4ccc(-c5ccccn5)nc4)cc32)cc1. The molecular formula is C26H18N4. The Hall–Kier alpha value is -4.18. The van der Waals surface area contributed by atoms with Crippen molar-refractivity contribution >= 4 is 21.8 Å². The molecule has 6 aromatic rings. The summed E-state index contributed by atoms with van der Waals surface area (Å²) >= 11 is 0. The Balaban J connectivity index is 1.44. The van der Waals surface area contributed by atoms with Crippen LogP contribution in [0.25, 0.3) is 44.6 Å². The van der Waals surface area contributed by atoms with E-state index in [2.05, 4.69) is 86.1 Å². The minimum Gasteiger partial charge on any atom is -0.317 e. The molecule has 6 rings (SSSR count). The van der Waals surface area contributed by atoms with E-state index in [0.29, 0.717) is 0 Å². The van der Waals surface area contributed by atoms with Gasteiger partial charge in [-0.1, -0.05) is 24.3 Å². The van der Waals surface area contributed by atoms with Crippen molar-refractivity contribution in [2.75, 3.05) is 0 Å². The van der Waals surface area contributed by atoms with E-state index in [1.807, 2.05) is 36.5 Å². The van der Waals surface area contributed by atoms with Crippen LogP contribution in [0.3, 0.4) is 0 Å². The molecule has 0 bridgehead atoms. The predicted octanol–water partition coefficient (Wildman–Crippen LogP) is 6.03. The maximum absolute atomic E-state index is 4.63. The first-order valence-electron chi connectivity index (χ1n) is 9.92. The van der Waals surface area contributed by atoms with Gasteiger partial charge in [0.05, 0.1) is 34.3 Å². The van der Waals surface area contributed by atoms with Crippen molar-refractivity contribution in [1.82, 2.24) is 19.1 Å². The first-order valence-corrected chi connectivity index (χ1v) is 9.92. The summed E-state index contributed by atoms with van der Waals surface area (Å²) in [5.74, 6) is 0. The van der Waals surface area contributed by atoms with Crippen molar-refractivity contribution in [1.29, 1.82) is 0 Å². The lowest BCUT2D eigenvalue weighted by Gasteiger charge is -2.08. The van der Waals surface area contributed by atoms with Crippen LogP contribution in [0.5, 0.6) is 0 Å². The number of aromatic nitrogens is 4. The van der Waals surface area contributed by atoms with Gasteiger partial charge in [-0.2, -0.15) is 0 Å². The Morgan fingerprint density at radius 1 is 0.533 bits per heavy atom. The van der Waals surface area contributed by atoms with Crippen molar-refractivity contribution in [3.05, 3.63) is 110 Å². The number of fused-ring (bicyclic) bond motifs is 2. The number of benzene rings is 2. The number of pyridine rings is 2. The Labute approximate surface area is 173 Å². The quantitative estimate of drug-likeness (QED) is 0.372. The molecule has 4 nitrogen and oxygen atoms in total. The molecule has 0 fully saturated rings. The summed E-state index contributed by atoms with van der Waals surface area (Å²) in [5, 5.41) is 2.41. The molecule has 0 saturated heterocycles. The molecule has 0 spiro atoms. The summed E-state index contributed by atoms with van der Waals surface area (Å²) in [6.07, 6.45) is 7.93. The van der Waals surface area contributed by atoms with Crippen LogP contribution in [0.15, 0.2) is 110 Å². The Morgan fingerprint density at radius 3 is 1.83 bits per heavy atom. The standard InChI is InChI=1S/C26H18N4/c1-2-6-21(7-3-1)29-14-11-19-17-26-20(16-25(19)29)12-15-30(26)22-9-10-24(28-18-22)23-8-4-5-13-27-23/h1-18H. The maximum atomic E-state index is 4.63. The molecule has 0 saturated carbocycles. The van der Waals surface area contributed by atoms with Gasteiger partial charge < -0.3 is 9.13 Å². The van der Waals surface area contributed by atoms with Gasteiger partial charge >= 0.3 is 0 Å². The van der Waals surface area contributed by atoms with Gasteiger partial charge in [0.15, 0.2) is 0 Å². The smallest absolute Gasteiger partial charge is 0.0887 e. The van der Waals surface area contributed by atoms with E-state index in [0.717, 1.165) is 17.1 Å². The van der Waals surface area contributed by atoms with Crippen molar-refractivity contribution in [3.63, 3.8) is 0 Å². The predicted molar refractivity (Wildman–Crippen MR) is 121 cm³/mol. The lowest BCUT2D eigenvalue weighted by Crippen LogP contribution is -1.95. The van der Waals surface area contributed by atoms with E-state index < -0.39 is 0 Å². The van der Waals surface area contributed by atoms with Gasteiger partial charge in [-0.05, 0) is 60.7 Å². The number of rotatable bonds is 3. The van der Waals surface area contributed by atoms with Crippen molar-refractivity contribution in [2.24, 2.45) is 0 Å². The monoisotopic (exact) mass is 386 g/mol. The molecule has 30 heavy (non-hydrogen) atoms. The van der Waals surface area contributed by atoms with Crippen LogP contribution < -0.4 is 0 Å². The van der Waals surface area contributed by atoms with Crippen LogP contribution in [0, 0.1) is 0 Å². The third-order valence-corrected chi connectivity index (χ3v) is 5.49. The summed E-state index contributed by atoms with van der Waals surface area (Å²) in [6, 6.07) is 29.2. The van der Waals surface area contributed by atoms with Crippen LogP contribution in [0.1, 0.15) is 0 Å². The van der Waals surface area contributed by atoms with Gasteiger partial charge in [0.25, 0.3) is 0 Å². The molecular weight excluding hydrogens is 368 g/mol. The molecule has 4 aromatic heterocycles. The van der Waals surface area contributed by atoms with Gasteiger partial charge in [0.1, 0.15) is 0 Å². The van der Waals surface area contributed by atoms with Crippen LogP contribution in [0.4, 0.5) is 0 Å². The summed E-state index contributed by atoms with van der Waals surface area (Å²) in [6.45, 7) is 0. The Bertz CT molecular complexity index is 1460. The third kappa shape index (κ3) is 2.70. The van der Waals surface area contributed by atoms with Gasteiger partial charge in [-0.15, -0.1) is 0 Å². The van der Waals surface area contributed by atoms with Crippen LogP contribution >= 0.6 is 0 Å². The minimum absolute atomic E-state index is 0.873. The first kappa shape index (κ1) is 16.7. The van der Waals surface area contributed by atoms with Crippen LogP contribution in [0.2, 0.25) is 0 Å². The molecule has 0 unspecified atom stereocenters. The number of hydrogen-bond donors (Lipinski definition) is 0.